The van der Waals surface area contributed by atoms with E-state index in [1.54, 1.807) is 19.2 Å². The Balaban J connectivity index is 1.91. The van der Waals surface area contributed by atoms with E-state index in [4.69, 9.17) is 16.3 Å². The number of alkyl carbamates (subject to hydrolysis) is 1. The fraction of sp³-hybridized carbons (Fsp3) is 0.389. The predicted octanol–water partition coefficient (Wildman–Crippen LogP) is 4.99. The number of amides is 1. The monoisotopic (exact) mass is 365 g/mol. The van der Waals surface area contributed by atoms with Gasteiger partial charge < -0.3 is 15.2 Å². The molecule has 2 aromatic rings. The summed E-state index contributed by atoms with van der Waals surface area (Å²) in [6, 6.07) is 9.05. The van der Waals surface area contributed by atoms with Crippen LogP contribution in [0.1, 0.15) is 31.2 Å². The van der Waals surface area contributed by atoms with Gasteiger partial charge in [0, 0.05) is 18.3 Å². The molecular formula is C18H20ClNO3S. The minimum Gasteiger partial charge on any atom is -0.508 e. The summed E-state index contributed by atoms with van der Waals surface area (Å²) in [5, 5.41) is 12.0. The van der Waals surface area contributed by atoms with Crippen LogP contribution < -0.4 is 5.32 Å². The quantitative estimate of drug-likeness (QED) is 0.802. The highest BCUT2D eigenvalue weighted by Crippen LogP contribution is 2.42. The Morgan fingerprint density at radius 1 is 1.33 bits per heavy atom. The van der Waals surface area contributed by atoms with Gasteiger partial charge in [-0.15, -0.1) is 11.3 Å². The van der Waals surface area contributed by atoms with Gasteiger partial charge in [0.25, 0.3) is 0 Å². The molecule has 0 unspecified atom stereocenters. The number of carbonyl (C=O) groups excluding carboxylic acids is 1. The van der Waals surface area contributed by atoms with Crippen LogP contribution >= 0.6 is 22.9 Å². The van der Waals surface area contributed by atoms with Crippen LogP contribution in [0.2, 0.25) is 4.34 Å². The van der Waals surface area contributed by atoms with Gasteiger partial charge in [0.2, 0.25) is 0 Å². The van der Waals surface area contributed by atoms with Crippen molar-refractivity contribution in [1.82, 2.24) is 5.32 Å². The average molecular weight is 366 g/mol. The molecule has 0 atom stereocenters. The molecular weight excluding hydrogens is 346 g/mol. The van der Waals surface area contributed by atoms with Gasteiger partial charge in [0.15, 0.2) is 0 Å². The molecule has 6 heteroatoms. The normalized spacial score (nSPS) is 16.1. The summed E-state index contributed by atoms with van der Waals surface area (Å²) < 4.78 is 6.45. The van der Waals surface area contributed by atoms with Crippen molar-refractivity contribution < 1.29 is 14.6 Å². The van der Waals surface area contributed by atoms with Crippen molar-refractivity contribution >= 4 is 29.0 Å². The fourth-order valence-electron chi connectivity index (χ4n) is 3.31. The summed E-state index contributed by atoms with van der Waals surface area (Å²) in [5.41, 5.74) is 1.63. The zero-order chi connectivity index (χ0) is 17.2. The van der Waals surface area contributed by atoms with E-state index in [0.29, 0.717) is 10.8 Å². The lowest BCUT2D eigenvalue weighted by Crippen LogP contribution is -2.37. The van der Waals surface area contributed by atoms with E-state index in [9.17, 15) is 9.90 Å². The van der Waals surface area contributed by atoms with Crippen LogP contribution in [0, 0.1) is 0 Å². The fourth-order valence-corrected chi connectivity index (χ4v) is 4.59. The minimum absolute atomic E-state index is 0.234. The van der Waals surface area contributed by atoms with Gasteiger partial charge in [-0.05, 0) is 67.1 Å². The number of hydrogen-bond acceptors (Lipinski definition) is 4. The molecule has 2 N–H and O–H groups in total. The van der Waals surface area contributed by atoms with E-state index < -0.39 is 5.60 Å². The number of phenols is 1. The highest BCUT2D eigenvalue weighted by Gasteiger charge is 2.38. The molecule has 0 bridgehead atoms. The van der Waals surface area contributed by atoms with Gasteiger partial charge >= 0.3 is 6.09 Å². The number of carbonyl (C=O) groups is 1. The third-order valence-electron chi connectivity index (χ3n) is 4.45. The summed E-state index contributed by atoms with van der Waals surface area (Å²) in [6.07, 6.45) is 4.11. The number of thiophene rings is 1. The van der Waals surface area contributed by atoms with Crippen LogP contribution in [-0.4, -0.2) is 23.8 Å². The van der Waals surface area contributed by atoms with E-state index in [0.717, 1.165) is 41.7 Å². The summed E-state index contributed by atoms with van der Waals surface area (Å²) in [7, 11) is 1.58. The number of halogens is 1. The third kappa shape index (κ3) is 3.68. The second kappa shape index (κ2) is 7.03. The first kappa shape index (κ1) is 17.1. The second-order valence-corrected chi connectivity index (χ2v) is 7.84. The van der Waals surface area contributed by atoms with Gasteiger partial charge in [-0.1, -0.05) is 11.6 Å². The molecule has 4 nitrogen and oxygen atoms in total. The molecule has 1 fully saturated rings. The minimum atomic E-state index is -0.462. The largest absolute Gasteiger partial charge is 0.508 e. The Morgan fingerprint density at radius 3 is 2.62 bits per heavy atom. The van der Waals surface area contributed by atoms with E-state index in [2.05, 4.69) is 5.32 Å². The maximum atomic E-state index is 11.8. The smallest absolute Gasteiger partial charge is 0.407 e. The number of benzene rings is 1. The Morgan fingerprint density at radius 2 is 2.00 bits per heavy atom. The lowest BCUT2D eigenvalue weighted by atomic mass is 9.92. The van der Waals surface area contributed by atoms with Crippen LogP contribution in [0.3, 0.4) is 0 Å². The Labute approximate surface area is 150 Å². The molecule has 128 valence electrons. The summed E-state index contributed by atoms with van der Waals surface area (Å²) in [4.78, 5) is 12.8. The van der Waals surface area contributed by atoms with Gasteiger partial charge in [0.1, 0.15) is 11.4 Å². The number of nitrogens with one attached hydrogen (secondary N) is 1. The molecule has 0 aliphatic heterocycles. The van der Waals surface area contributed by atoms with Gasteiger partial charge in [-0.25, -0.2) is 4.79 Å². The van der Waals surface area contributed by atoms with Crippen molar-refractivity contribution in [2.75, 3.05) is 7.05 Å². The molecule has 1 aliphatic rings. The van der Waals surface area contributed by atoms with Crippen LogP contribution in [-0.2, 0) is 11.2 Å². The molecule has 0 radical (unpaired) electrons. The Bertz CT molecular complexity index is 720. The van der Waals surface area contributed by atoms with Crippen molar-refractivity contribution in [2.45, 2.75) is 37.7 Å². The number of ether oxygens (including phenoxy) is 1. The molecule has 0 saturated heterocycles. The molecule has 1 saturated carbocycles. The van der Waals surface area contributed by atoms with E-state index >= 15 is 0 Å². The average Bonchev–Trinajstić information content (AvgIpc) is 3.15. The van der Waals surface area contributed by atoms with Gasteiger partial charge in [0.05, 0.1) is 4.34 Å². The number of hydrogen-bond donors (Lipinski definition) is 2. The molecule has 3 rings (SSSR count). The molecule has 0 spiro atoms. The number of phenolic OH excluding ortho intramolecular Hbond substituents is 1. The second-order valence-electron chi connectivity index (χ2n) is 6.16. The van der Waals surface area contributed by atoms with Crippen LogP contribution in [0.5, 0.6) is 5.75 Å². The van der Waals surface area contributed by atoms with Crippen molar-refractivity contribution in [3.8, 4) is 16.2 Å². The van der Waals surface area contributed by atoms with E-state index in [1.807, 2.05) is 18.2 Å². The standard InChI is InChI=1S/C18H20ClNO3S/c1-20-17(22)23-18(8-2-3-9-18)11-13-10-15(19)24-16(13)12-4-6-14(21)7-5-12/h4-7,10,21H,2-3,8-9,11H2,1H3,(H,20,22). The summed E-state index contributed by atoms with van der Waals surface area (Å²) in [5.74, 6) is 0.234. The topological polar surface area (TPSA) is 58.6 Å². The predicted molar refractivity (Wildman–Crippen MR) is 96.9 cm³/mol. The third-order valence-corrected chi connectivity index (χ3v) is 5.80. The molecule has 1 amide bonds. The lowest BCUT2D eigenvalue weighted by Gasteiger charge is -2.29. The summed E-state index contributed by atoms with van der Waals surface area (Å²) >= 11 is 7.77. The molecule has 1 aromatic heterocycles. The van der Waals surface area contributed by atoms with Crippen molar-refractivity contribution in [3.05, 3.63) is 40.2 Å². The Hall–Kier alpha value is -1.72. The first-order chi connectivity index (χ1) is 11.5. The van der Waals surface area contributed by atoms with Gasteiger partial charge in [-0.3, -0.25) is 0 Å². The van der Waals surface area contributed by atoms with Crippen LogP contribution in [0.25, 0.3) is 10.4 Å². The number of rotatable bonds is 4. The summed E-state index contributed by atoms with van der Waals surface area (Å²) in [6.45, 7) is 0. The molecule has 24 heavy (non-hydrogen) atoms. The highest BCUT2D eigenvalue weighted by atomic mass is 35.5. The van der Waals surface area contributed by atoms with Crippen LogP contribution in [0.15, 0.2) is 30.3 Å². The zero-order valence-electron chi connectivity index (χ0n) is 13.5. The zero-order valence-corrected chi connectivity index (χ0v) is 15.0. The van der Waals surface area contributed by atoms with Crippen molar-refractivity contribution in [3.63, 3.8) is 0 Å². The molecule has 1 aliphatic carbocycles. The lowest BCUT2D eigenvalue weighted by molar-refractivity contribution is 0.0175. The first-order valence-corrected chi connectivity index (χ1v) is 9.19. The Kier molecular flexibility index (Phi) is 5.01. The SMILES string of the molecule is CNC(=O)OC1(Cc2cc(Cl)sc2-c2ccc(O)cc2)CCCC1. The maximum Gasteiger partial charge on any atom is 0.407 e. The highest BCUT2D eigenvalue weighted by molar-refractivity contribution is 7.19. The maximum absolute atomic E-state index is 11.8. The van der Waals surface area contributed by atoms with Crippen LogP contribution in [0.4, 0.5) is 4.79 Å². The van der Waals surface area contributed by atoms with Gasteiger partial charge in [-0.2, -0.15) is 0 Å². The van der Waals surface area contributed by atoms with Crippen molar-refractivity contribution in [1.29, 1.82) is 0 Å². The molecule has 1 heterocycles. The van der Waals surface area contributed by atoms with Crippen molar-refractivity contribution in [2.24, 2.45) is 0 Å². The first-order valence-electron chi connectivity index (χ1n) is 8.00. The number of aromatic hydroxyl groups is 1. The van der Waals surface area contributed by atoms with E-state index in [-0.39, 0.29) is 11.8 Å². The molecule has 1 aromatic carbocycles. The van der Waals surface area contributed by atoms with E-state index in [1.165, 1.54) is 11.3 Å².